The van der Waals surface area contributed by atoms with Gasteiger partial charge in [-0.25, -0.2) is 0 Å². The zero-order valence-electron chi connectivity index (χ0n) is 46.2. The Hall–Kier alpha value is -8.08. The first-order valence-electron chi connectivity index (χ1n) is 27.0. The molecule has 4 nitrogen and oxygen atoms in total. The molecule has 0 saturated carbocycles. The van der Waals surface area contributed by atoms with Crippen LogP contribution in [0.4, 0.5) is 34.1 Å². The van der Waals surface area contributed by atoms with E-state index >= 15 is 0 Å². The monoisotopic (exact) mass is 993 g/mol. The van der Waals surface area contributed by atoms with E-state index in [-0.39, 0.29) is 21.7 Å². The number of furan rings is 2. The number of nitrogens with zero attached hydrogens (tertiary/aromatic N) is 2. The van der Waals surface area contributed by atoms with Crippen LogP contribution in [0.1, 0.15) is 105 Å². The average molecular weight is 993 g/mol. The van der Waals surface area contributed by atoms with Gasteiger partial charge in [0.15, 0.2) is 0 Å². The summed E-state index contributed by atoms with van der Waals surface area (Å²) in [5.41, 5.74) is 17.6. The molecule has 0 amide bonds. The highest BCUT2D eigenvalue weighted by Crippen LogP contribution is 2.48. The normalized spacial score (nSPS) is 12.7. The smallest absolute Gasteiger partial charge is 0.139 e. The van der Waals surface area contributed by atoms with Gasteiger partial charge in [0, 0.05) is 67.3 Å². The standard InChI is InChI=1S/C72H68N2O2/c1-69(2,3)50-20-30-54(31-21-50)73(55-32-22-51(23-33-55)70(4,5)6)58-28-18-46-40-60-62(42-48(46)38-58)75-64-44-65-68(66(67(60)64)45-16-14-13-15-17-45)61-41-47-19-29-59(39-49(47)43-63(61)76-65)74(56-34-24-52(25-35-56)71(7,8)9)57-36-26-53(27-37-57)72(10,11)12/h13-44H,1-12H3. The van der Waals surface area contributed by atoms with Crippen LogP contribution in [-0.4, -0.2) is 0 Å². The minimum absolute atomic E-state index is 0.0531. The summed E-state index contributed by atoms with van der Waals surface area (Å²) in [6.07, 6.45) is 0. The van der Waals surface area contributed by atoms with E-state index in [9.17, 15) is 0 Å². The van der Waals surface area contributed by atoms with E-state index in [0.29, 0.717) is 0 Å². The van der Waals surface area contributed by atoms with Crippen LogP contribution < -0.4 is 9.80 Å². The summed E-state index contributed by atoms with van der Waals surface area (Å²) in [5, 5.41) is 8.83. The van der Waals surface area contributed by atoms with Crippen molar-refractivity contribution < 1.29 is 8.83 Å². The van der Waals surface area contributed by atoms with Crippen molar-refractivity contribution in [1.29, 1.82) is 0 Å². The van der Waals surface area contributed by atoms with Crippen molar-refractivity contribution in [2.75, 3.05) is 9.80 Å². The largest absolute Gasteiger partial charge is 0.456 e. The van der Waals surface area contributed by atoms with Gasteiger partial charge in [0.1, 0.15) is 22.3 Å². The molecular weight excluding hydrogens is 925 g/mol. The van der Waals surface area contributed by atoms with Crippen molar-refractivity contribution in [2.24, 2.45) is 0 Å². The quantitative estimate of drug-likeness (QED) is 0.159. The molecule has 0 aliphatic rings. The lowest BCUT2D eigenvalue weighted by molar-refractivity contribution is 0.590. The topological polar surface area (TPSA) is 32.8 Å². The van der Waals surface area contributed by atoms with Crippen LogP contribution in [0, 0.1) is 0 Å². The summed E-state index contributed by atoms with van der Waals surface area (Å²) in [4.78, 5) is 4.73. The molecule has 4 heteroatoms. The first-order chi connectivity index (χ1) is 36.2. The lowest BCUT2D eigenvalue weighted by Gasteiger charge is -2.28. The van der Waals surface area contributed by atoms with E-state index in [1.165, 1.54) is 22.3 Å². The molecule has 0 saturated heterocycles. The van der Waals surface area contributed by atoms with Crippen LogP contribution in [0.2, 0.25) is 0 Å². The molecule has 2 heterocycles. The molecule has 0 fully saturated rings. The Morgan fingerprint density at radius 3 is 0.908 bits per heavy atom. The minimum atomic E-state index is 0.0531. The highest BCUT2D eigenvalue weighted by Gasteiger charge is 2.25. The number of hydrogen-bond donors (Lipinski definition) is 0. The van der Waals surface area contributed by atoms with Gasteiger partial charge >= 0.3 is 0 Å². The maximum absolute atomic E-state index is 6.96. The highest BCUT2D eigenvalue weighted by atomic mass is 16.3. The minimum Gasteiger partial charge on any atom is -0.456 e. The molecule has 12 aromatic rings. The number of hydrogen-bond acceptors (Lipinski definition) is 4. The van der Waals surface area contributed by atoms with Crippen molar-refractivity contribution in [2.45, 2.75) is 105 Å². The lowest BCUT2D eigenvalue weighted by atomic mass is 9.86. The first kappa shape index (κ1) is 48.8. The third-order valence-corrected chi connectivity index (χ3v) is 15.6. The van der Waals surface area contributed by atoms with Crippen molar-refractivity contribution in [3.05, 3.63) is 216 Å². The van der Waals surface area contributed by atoms with Crippen molar-refractivity contribution in [1.82, 2.24) is 0 Å². The molecular formula is C72H68N2O2. The molecule has 10 aromatic carbocycles. The summed E-state index contributed by atoms with van der Waals surface area (Å²) in [6, 6.07) is 71.7. The Bertz CT molecular complexity index is 3780. The van der Waals surface area contributed by atoms with E-state index in [0.717, 1.165) is 111 Å². The Balaban J connectivity index is 0.993. The van der Waals surface area contributed by atoms with Crippen molar-refractivity contribution >= 4 is 99.5 Å². The SMILES string of the molecule is CC(C)(C)c1ccc(N(c2ccc(C(C)(C)C)cc2)c2ccc3cc4c(cc3c2)oc2cc3oc5cc6cc(N(c7ccc(C(C)(C)C)cc7)c7ccc(C(C)(C)C)cc7)ccc6cc5c3c(-c3ccccc3)c24)cc1. The maximum Gasteiger partial charge on any atom is 0.139 e. The third kappa shape index (κ3) is 8.78. The second-order valence-electron chi connectivity index (χ2n) is 25.2. The molecule has 2 aromatic heterocycles. The van der Waals surface area contributed by atoms with Gasteiger partial charge in [-0.2, -0.15) is 0 Å². The van der Waals surface area contributed by atoms with Gasteiger partial charge in [-0.15, -0.1) is 0 Å². The molecule has 0 bridgehead atoms. The van der Waals surface area contributed by atoms with E-state index < -0.39 is 0 Å². The van der Waals surface area contributed by atoms with Crippen LogP contribution >= 0.6 is 0 Å². The molecule has 0 spiro atoms. The van der Waals surface area contributed by atoms with Gasteiger partial charge < -0.3 is 18.6 Å². The number of fused-ring (bicyclic) bond motifs is 8. The van der Waals surface area contributed by atoms with Gasteiger partial charge in [-0.05, 0) is 168 Å². The van der Waals surface area contributed by atoms with E-state index in [2.05, 4.69) is 287 Å². The Labute approximate surface area is 448 Å². The highest BCUT2D eigenvalue weighted by molar-refractivity contribution is 6.27. The van der Waals surface area contributed by atoms with Gasteiger partial charge in [-0.1, -0.05) is 174 Å². The Kier molecular flexibility index (Phi) is 11.4. The fourth-order valence-corrected chi connectivity index (χ4v) is 11.2. The van der Waals surface area contributed by atoms with Gasteiger partial charge in [0.05, 0.1) is 0 Å². The molecule has 0 aliphatic carbocycles. The van der Waals surface area contributed by atoms with Gasteiger partial charge in [0.25, 0.3) is 0 Å². The van der Waals surface area contributed by atoms with Crippen LogP contribution in [0.25, 0.3) is 76.5 Å². The molecule has 0 atom stereocenters. The fraction of sp³-hybridized carbons (Fsp3) is 0.222. The van der Waals surface area contributed by atoms with E-state index in [1.54, 1.807) is 0 Å². The zero-order valence-corrected chi connectivity index (χ0v) is 46.2. The average Bonchev–Trinajstić information content (AvgIpc) is 3.97. The second-order valence-corrected chi connectivity index (χ2v) is 25.2. The zero-order chi connectivity index (χ0) is 53.1. The van der Waals surface area contributed by atoms with Crippen LogP contribution in [0.15, 0.2) is 203 Å². The second kappa shape index (κ2) is 17.8. The molecule has 0 unspecified atom stereocenters. The predicted octanol–water partition coefficient (Wildman–Crippen LogP) is 21.6. The number of anilines is 6. The molecule has 12 rings (SSSR count). The predicted molar refractivity (Wildman–Crippen MR) is 326 cm³/mol. The van der Waals surface area contributed by atoms with Crippen LogP contribution in [0.3, 0.4) is 0 Å². The fourth-order valence-electron chi connectivity index (χ4n) is 11.2. The van der Waals surface area contributed by atoms with Crippen molar-refractivity contribution in [3.63, 3.8) is 0 Å². The number of benzene rings is 10. The molecule has 0 N–H and O–H groups in total. The summed E-state index contributed by atoms with van der Waals surface area (Å²) >= 11 is 0. The summed E-state index contributed by atoms with van der Waals surface area (Å²) < 4.78 is 13.9. The Morgan fingerprint density at radius 2 is 0.592 bits per heavy atom. The number of rotatable bonds is 7. The van der Waals surface area contributed by atoms with Crippen LogP contribution in [-0.2, 0) is 21.7 Å². The lowest BCUT2D eigenvalue weighted by Crippen LogP contribution is -2.14. The van der Waals surface area contributed by atoms with Gasteiger partial charge in [-0.3, -0.25) is 0 Å². The maximum atomic E-state index is 6.96. The third-order valence-electron chi connectivity index (χ3n) is 15.6. The van der Waals surface area contributed by atoms with E-state index in [4.69, 9.17) is 8.83 Å². The molecule has 0 radical (unpaired) electrons. The summed E-state index contributed by atoms with van der Waals surface area (Å²) in [7, 11) is 0. The molecule has 378 valence electrons. The van der Waals surface area contributed by atoms with E-state index in [1.807, 2.05) is 0 Å². The van der Waals surface area contributed by atoms with Crippen molar-refractivity contribution in [3.8, 4) is 11.1 Å². The van der Waals surface area contributed by atoms with Crippen LogP contribution in [0.5, 0.6) is 0 Å². The van der Waals surface area contributed by atoms with Gasteiger partial charge in [0.2, 0.25) is 0 Å². The summed E-state index contributed by atoms with van der Waals surface area (Å²) in [5.74, 6) is 0. The molecule has 76 heavy (non-hydrogen) atoms. The first-order valence-corrected chi connectivity index (χ1v) is 27.0. The Morgan fingerprint density at radius 1 is 0.276 bits per heavy atom. The summed E-state index contributed by atoms with van der Waals surface area (Å²) in [6.45, 7) is 27.2. The molecule has 0 aliphatic heterocycles.